The summed E-state index contributed by atoms with van der Waals surface area (Å²) in [4.78, 5) is 2.14. The van der Waals surface area contributed by atoms with Crippen molar-refractivity contribution in [2.24, 2.45) is 5.14 Å². The van der Waals surface area contributed by atoms with Crippen LogP contribution in [0.25, 0.3) is 0 Å². The highest BCUT2D eigenvalue weighted by Gasteiger charge is 2.35. The lowest BCUT2D eigenvalue weighted by Crippen LogP contribution is -2.23. The quantitative estimate of drug-likeness (QED) is 0.638. The highest BCUT2D eigenvalue weighted by Crippen LogP contribution is 2.34. The number of ether oxygens (including phenoxy) is 1. The first kappa shape index (κ1) is 17.0. The predicted octanol–water partition coefficient (Wildman–Crippen LogP) is 2.46. The van der Waals surface area contributed by atoms with Gasteiger partial charge in [0.2, 0.25) is 10.0 Å². The minimum absolute atomic E-state index is 0.185. The van der Waals surface area contributed by atoms with E-state index in [-0.39, 0.29) is 6.07 Å². The van der Waals surface area contributed by atoms with Crippen LogP contribution in [0.15, 0.2) is 11.0 Å². The number of rotatable bonds is 4. The summed E-state index contributed by atoms with van der Waals surface area (Å²) in [6.45, 7) is 0. The number of hydrogen-bond acceptors (Lipinski definition) is 4. The standard InChI is InChI=1S/C8H6BrF5N2O3S/c9-2-4-6(20(15,17)18)5(19-8(12,13)14)1-3(16-4)7(10)11/h1,7H,2H2,(H2,15,17,18). The van der Waals surface area contributed by atoms with Crippen LogP contribution in [0.4, 0.5) is 22.0 Å². The van der Waals surface area contributed by atoms with Gasteiger partial charge in [0.15, 0.2) is 5.75 Å². The van der Waals surface area contributed by atoms with Gasteiger partial charge in [-0.15, -0.1) is 13.2 Å². The van der Waals surface area contributed by atoms with Crippen LogP contribution >= 0.6 is 15.9 Å². The molecule has 0 aliphatic rings. The SMILES string of the molecule is NS(=O)(=O)c1c(OC(F)(F)F)cc(C(F)F)nc1CBr. The van der Waals surface area contributed by atoms with Gasteiger partial charge in [0.05, 0.1) is 5.69 Å². The number of aromatic nitrogens is 1. The second-order valence-corrected chi connectivity index (χ2v) is 5.41. The van der Waals surface area contributed by atoms with Crippen LogP contribution in [0.1, 0.15) is 17.8 Å². The third-order valence-corrected chi connectivity index (χ3v) is 3.43. The molecular formula is C8H6BrF5N2O3S. The van der Waals surface area contributed by atoms with Gasteiger partial charge in [0.25, 0.3) is 6.43 Å². The Morgan fingerprint density at radius 3 is 2.30 bits per heavy atom. The maximum atomic E-state index is 12.5. The van der Waals surface area contributed by atoms with E-state index in [4.69, 9.17) is 5.14 Å². The molecule has 1 aromatic heterocycles. The van der Waals surface area contributed by atoms with Gasteiger partial charge in [-0.05, 0) is 0 Å². The number of nitrogens with zero attached hydrogens (tertiary/aromatic N) is 1. The van der Waals surface area contributed by atoms with Crippen molar-refractivity contribution in [3.8, 4) is 5.75 Å². The number of hydrogen-bond donors (Lipinski definition) is 1. The molecule has 0 saturated carbocycles. The normalized spacial score (nSPS) is 12.8. The van der Waals surface area contributed by atoms with E-state index < -0.39 is 50.2 Å². The minimum atomic E-state index is -5.27. The van der Waals surface area contributed by atoms with Gasteiger partial charge in [-0.1, -0.05) is 15.9 Å². The monoisotopic (exact) mass is 384 g/mol. The van der Waals surface area contributed by atoms with E-state index in [2.05, 4.69) is 25.7 Å². The maximum absolute atomic E-state index is 12.5. The van der Waals surface area contributed by atoms with Crippen molar-refractivity contribution < 1.29 is 35.1 Å². The number of primary sulfonamides is 1. The first-order chi connectivity index (χ1) is 8.95. The molecular weight excluding hydrogens is 379 g/mol. The van der Waals surface area contributed by atoms with E-state index >= 15 is 0 Å². The number of pyridine rings is 1. The highest BCUT2D eigenvalue weighted by molar-refractivity contribution is 9.08. The summed E-state index contributed by atoms with van der Waals surface area (Å²) < 4.78 is 87.7. The van der Waals surface area contributed by atoms with Crippen molar-refractivity contribution in [1.82, 2.24) is 4.98 Å². The molecule has 20 heavy (non-hydrogen) atoms. The molecule has 0 aliphatic heterocycles. The van der Waals surface area contributed by atoms with Crippen molar-refractivity contribution in [2.75, 3.05) is 0 Å². The fourth-order valence-corrected chi connectivity index (χ4v) is 2.71. The molecule has 1 heterocycles. The zero-order valence-electron chi connectivity index (χ0n) is 9.29. The first-order valence-corrected chi connectivity index (χ1v) is 7.29. The van der Waals surface area contributed by atoms with Crippen molar-refractivity contribution in [1.29, 1.82) is 0 Å². The van der Waals surface area contributed by atoms with Gasteiger partial charge in [-0.3, -0.25) is 0 Å². The summed E-state index contributed by atoms with van der Waals surface area (Å²) in [5.74, 6) is -1.35. The van der Waals surface area contributed by atoms with Crippen LogP contribution in [0.2, 0.25) is 0 Å². The maximum Gasteiger partial charge on any atom is 0.573 e. The van der Waals surface area contributed by atoms with Gasteiger partial charge in [-0.25, -0.2) is 27.3 Å². The third kappa shape index (κ3) is 4.24. The molecule has 0 fully saturated rings. The highest BCUT2D eigenvalue weighted by atomic mass is 79.9. The third-order valence-electron chi connectivity index (χ3n) is 1.89. The summed E-state index contributed by atoms with van der Waals surface area (Å²) in [7, 11) is -4.65. The van der Waals surface area contributed by atoms with E-state index in [1.165, 1.54) is 0 Å². The van der Waals surface area contributed by atoms with E-state index in [9.17, 15) is 30.4 Å². The average molecular weight is 385 g/mol. The molecule has 1 aromatic rings. The summed E-state index contributed by atoms with van der Waals surface area (Å²) in [6, 6.07) is 0.185. The zero-order chi connectivity index (χ0) is 15.7. The number of nitrogens with two attached hydrogens (primary N) is 1. The summed E-state index contributed by atoms with van der Waals surface area (Å²) in [5.41, 5.74) is -1.67. The Hall–Kier alpha value is -1.01. The zero-order valence-corrected chi connectivity index (χ0v) is 11.7. The molecule has 0 amide bonds. The molecule has 0 radical (unpaired) electrons. The lowest BCUT2D eigenvalue weighted by Gasteiger charge is -2.15. The van der Waals surface area contributed by atoms with Crippen LogP contribution in [-0.2, 0) is 15.4 Å². The molecule has 5 nitrogen and oxygen atoms in total. The molecule has 2 N–H and O–H groups in total. The fraction of sp³-hybridized carbons (Fsp3) is 0.375. The van der Waals surface area contributed by atoms with Crippen molar-refractivity contribution in [3.63, 3.8) is 0 Å². The van der Waals surface area contributed by atoms with Crippen molar-refractivity contribution in [3.05, 3.63) is 17.5 Å². The Bertz CT molecular complexity index is 605. The van der Waals surface area contributed by atoms with Crippen molar-refractivity contribution in [2.45, 2.75) is 23.0 Å². The molecule has 1 rings (SSSR count). The predicted molar refractivity (Wildman–Crippen MR) is 59.9 cm³/mol. The summed E-state index contributed by atoms with van der Waals surface area (Å²) >= 11 is 2.73. The Labute approximate surface area is 118 Å². The van der Waals surface area contributed by atoms with E-state index in [0.29, 0.717) is 0 Å². The Kier molecular flexibility index (Phi) is 4.92. The number of sulfonamides is 1. The molecule has 0 aromatic carbocycles. The van der Waals surface area contributed by atoms with Gasteiger partial charge >= 0.3 is 6.36 Å². The van der Waals surface area contributed by atoms with Crippen LogP contribution in [0.5, 0.6) is 5.75 Å². The van der Waals surface area contributed by atoms with Crippen molar-refractivity contribution >= 4 is 26.0 Å². The number of alkyl halides is 6. The van der Waals surface area contributed by atoms with Crippen LogP contribution < -0.4 is 9.88 Å². The molecule has 0 bridgehead atoms. The molecule has 12 heteroatoms. The van der Waals surface area contributed by atoms with E-state index in [0.717, 1.165) is 0 Å². The first-order valence-electron chi connectivity index (χ1n) is 4.62. The fourth-order valence-electron chi connectivity index (χ4n) is 1.29. The molecule has 0 atom stereocenters. The smallest absolute Gasteiger partial charge is 0.404 e. The van der Waals surface area contributed by atoms with E-state index in [1.54, 1.807) is 0 Å². The van der Waals surface area contributed by atoms with E-state index in [1.807, 2.05) is 0 Å². The Balaban J connectivity index is 3.62. The summed E-state index contributed by atoms with van der Waals surface area (Å²) in [6.07, 6.45) is -8.48. The number of halogens is 6. The second kappa shape index (κ2) is 5.77. The van der Waals surface area contributed by atoms with Crippen LogP contribution in [0.3, 0.4) is 0 Å². The minimum Gasteiger partial charge on any atom is -0.404 e. The molecule has 0 saturated heterocycles. The lowest BCUT2D eigenvalue weighted by molar-refractivity contribution is -0.275. The molecule has 0 spiro atoms. The van der Waals surface area contributed by atoms with Gasteiger partial charge in [0, 0.05) is 11.4 Å². The van der Waals surface area contributed by atoms with Gasteiger partial charge in [-0.2, -0.15) is 0 Å². The topological polar surface area (TPSA) is 82.3 Å². The molecule has 114 valence electrons. The lowest BCUT2D eigenvalue weighted by atomic mass is 10.3. The van der Waals surface area contributed by atoms with Crippen LogP contribution in [0, 0.1) is 0 Å². The molecule has 0 aliphatic carbocycles. The summed E-state index contributed by atoms with van der Waals surface area (Å²) in [5, 5.41) is 4.35. The molecule has 0 unspecified atom stereocenters. The Morgan fingerprint density at radius 1 is 1.40 bits per heavy atom. The largest absolute Gasteiger partial charge is 0.573 e. The van der Waals surface area contributed by atoms with Crippen LogP contribution in [-0.4, -0.2) is 19.8 Å². The van der Waals surface area contributed by atoms with Gasteiger partial charge in [0.1, 0.15) is 10.6 Å². The second-order valence-electron chi connectivity index (χ2n) is 3.35. The Morgan fingerprint density at radius 2 is 1.95 bits per heavy atom. The van der Waals surface area contributed by atoms with Gasteiger partial charge < -0.3 is 4.74 Å². The average Bonchev–Trinajstić information content (AvgIpc) is 2.23.